The fourth-order valence-electron chi connectivity index (χ4n) is 3.12. The Morgan fingerprint density at radius 3 is 2.00 bits per heavy atom. The molecule has 0 spiro atoms. The minimum atomic E-state index is 0.0854. The number of nitrogens with one attached hydrogen (secondary N) is 1. The van der Waals surface area contributed by atoms with E-state index in [0.717, 1.165) is 29.0 Å². The van der Waals surface area contributed by atoms with Gasteiger partial charge in [0, 0.05) is 42.8 Å². The summed E-state index contributed by atoms with van der Waals surface area (Å²) in [6.45, 7) is 17.7. The first-order valence-corrected chi connectivity index (χ1v) is 11.9. The fraction of sp³-hybridized carbons (Fsp3) is 0.393. The van der Waals surface area contributed by atoms with Crippen molar-refractivity contribution >= 4 is 33.7 Å². The molecule has 33 heavy (non-hydrogen) atoms. The van der Waals surface area contributed by atoms with E-state index in [9.17, 15) is 10.2 Å². The Kier molecular flexibility index (Phi) is 13.8. The third-order valence-corrected chi connectivity index (χ3v) is 5.20. The summed E-state index contributed by atoms with van der Waals surface area (Å²) in [6.07, 6.45) is 4.08. The number of nitrogens with zero attached hydrogens (tertiary/aromatic N) is 1. The molecular weight excluding hydrogens is 428 g/mol. The van der Waals surface area contributed by atoms with Gasteiger partial charge >= 0.3 is 0 Å². The van der Waals surface area contributed by atoms with Crippen LogP contribution in [0.15, 0.2) is 43.1 Å². The summed E-state index contributed by atoms with van der Waals surface area (Å²) in [4.78, 5) is 0.838. The molecule has 0 aliphatic heterocycles. The van der Waals surface area contributed by atoms with Crippen LogP contribution in [-0.2, 0) is 19.9 Å². The van der Waals surface area contributed by atoms with Crippen LogP contribution in [0.1, 0.15) is 63.8 Å². The van der Waals surface area contributed by atoms with Crippen LogP contribution >= 0.6 is 12.2 Å². The van der Waals surface area contributed by atoms with Crippen molar-refractivity contribution in [3.8, 4) is 11.5 Å². The molecule has 4 nitrogen and oxygen atoms in total. The maximum absolute atomic E-state index is 9.46. The van der Waals surface area contributed by atoms with Gasteiger partial charge in [-0.2, -0.15) is 0 Å². The van der Waals surface area contributed by atoms with Crippen molar-refractivity contribution < 1.29 is 10.2 Å². The van der Waals surface area contributed by atoms with Crippen molar-refractivity contribution in [3.63, 3.8) is 0 Å². The lowest BCUT2D eigenvalue weighted by atomic mass is 10.0. The second kappa shape index (κ2) is 15.1. The van der Waals surface area contributed by atoms with Gasteiger partial charge in [-0.25, -0.2) is 0 Å². The topological polar surface area (TPSA) is 57.4 Å². The Labute approximate surface area is 206 Å². The maximum Gasteiger partial charge on any atom is 0.126 e. The van der Waals surface area contributed by atoms with E-state index in [2.05, 4.69) is 74.0 Å². The minimum absolute atomic E-state index is 0.0854. The van der Waals surface area contributed by atoms with Crippen LogP contribution in [0, 0.1) is 6.92 Å². The van der Waals surface area contributed by atoms with Crippen LogP contribution < -0.4 is 5.32 Å². The molecule has 2 aromatic carbocycles. The Morgan fingerprint density at radius 1 is 1.00 bits per heavy atom. The molecule has 0 unspecified atom stereocenters. The smallest absolute Gasteiger partial charge is 0.126 e. The van der Waals surface area contributed by atoms with Crippen molar-refractivity contribution in [2.45, 2.75) is 61.3 Å². The molecule has 0 aliphatic carbocycles. The van der Waals surface area contributed by atoms with Gasteiger partial charge in [-0.15, -0.1) is 0 Å². The highest BCUT2D eigenvalue weighted by Gasteiger charge is 2.07. The number of hydrogen-bond acceptors (Lipinski definition) is 3. The van der Waals surface area contributed by atoms with Gasteiger partial charge < -0.3 is 20.1 Å². The van der Waals surface area contributed by atoms with E-state index in [1.165, 1.54) is 28.1 Å². The summed E-state index contributed by atoms with van der Waals surface area (Å²) in [7, 11) is 3.92. The number of aromatic nitrogens is 1. The first-order valence-electron chi connectivity index (χ1n) is 11.5. The number of thiocarbonyl (C=S) groups is 1. The molecule has 0 aliphatic rings. The number of allylic oxidation sites excluding steroid dienone is 1. The molecule has 1 heterocycles. The average Bonchev–Trinajstić information content (AvgIpc) is 3.10. The van der Waals surface area contributed by atoms with Crippen LogP contribution in [0.3, 0.4) is 0 Å². The highest BCUT2D eigenvalue weighted by atomic mass is 32.1. The van der Waals surface area contributed by atoms with Crippen molar-refractivity contribution in [1.29, 1.82) is 0 Å². The van der Waals surface area contributed by atoms with Gasteiger partial charge in [0.15, 0.2) is 0 Å². The molecule has 3 N–H and O–H groups in total. The molecule has 3 aromatic rings. The molecular formula is C28H42N2O2S. The zero-order chi connectivity index (χ0) is 25.7. The number of aromatic hydroxyl groups is 2. The van der Waals surface area contributed by atoms with E-state index in [1.54, 1.807) is 6.07 Å². The van der Waals surface area contributed by atoms with Crippen molar-refractivity contribution in [2.75, 3.05) is 7.05 Å². The quantitative estimate of drug-likeness (QED) is 0.351. The summed E-state index contributed by atoms with van der Waals surface area (Å²) in [5.74, 6) is 0.229. The number of phenols is 2. The lowest BCUT2D eigenvalue weighted by Gasteiger charge is -2.08. The second-order valence-electron chi connectivity index (χ2n) is 7.58. The number of hydrogen-bond donors (Lipinski definition) is 3. The lowest BCUT2D eigenvalue weighted by molar-refractivity contribution is 0.445. The Hall–Kier alpha value is -2.79. The lowest BCUT2D eigenvalue weighted by Crippen LogP contribution is -2.09. The zero-order valence-corrected chi connectivity index (χ0v) is 22.7. The number of benzene rings is 2. The average molecular weight is 471 g/mol. The molecule has 182 valence electrons. The third kappa shape index (κ3) is 9.30. The minimum Gasteiger partial charge on any atom is -0.508 e. The molecule has 5 heteroatoms. The van der Waals surface area contributed by atoms with Crippen molar-refractivity contribution in [2.24, 2.45) is 7.05 Å². The van der Waals surface area contributed by atoms with E-state index in [-0.39, 0.29) is 11.5 Å². The van der Waals surface area contributed by atoms with E-state index < -0.39 is 0 Å². The standard InChI is InChI=1S/C12H15N.C11H14O2.C3H7NS.C2H6/c1-4-10-8-13(3)12-6-5-9(2)7-11(10)12;1-4-8-5-9(7(2)3)11(13)6-10(8)12;1-3(5)4-2;1-2/h5-8H,4H2,1-3H3;5-6,12-13H,2,4H2,1,3H3;1-2H3,(H,4,5);1-2H3. The monoisotopic (exact) mass is 470 g/mol. The third-order valence-electron chi connectivity index (χ3n) is 5.00. The molecule has 3 rings (SSSR count). The maximum atomic E-state index is 9.46. The van der Waals surface area contributed by atoms with Crippen molar-refractivity contribution in [3.05, 3.63) is 65.4 Å². The van der Waals surface area contributed by atoms with E-state index >= 15 is 0 Å². The highest BCUT2D eigenvalue weighted by Crippen LogP contribution is 2.31. The number of rotatable bonds is 3. The van der Waals surface area contributed by atoms with E-state index in [4.69, 9.17) is 0 Å². The van der Waals surface area contributed by atoms with Crippen molar-refractivity contribution in [1.82, 2.24) is 9.88 Å². The molecule has 0 atom stereocenters. The molecule has 0 amide bonds. The second-order valence-corrected chi connectivity index (χ2v) is 8.19. The molecule has 0 saturated carbocycles. The van der Waals surface area contributed by atoms with Gasteiger partial charge in [-0.05, 0) is 68.5 Å². The number of fused-ring (bicyclic) bond motifs is 1. The first-order chi connectivity index (χ1) is 15.5. The van der Waals surface area contributed by atoms with E-state index in [0.29, 0.717) is 5.56 Å². The van der Waals surface area contributed by atoms with Crippen LogP contribution in [-0.4, -0.2) is 26.8 Å². The summed E-state index contributed by atoms with van der Waals surface area (Å²) in [5.41, 5.74) is 6.45. The highest BCUT2D eigenvalue weighted by molar-refractivity contribution is 7.80. The largest absolute Gasteiger partial charge is 0.508 e. The summed E-state index contributed by atoms with van der Waals surface area (Å²) in [5, 5.41) is 23.0. The van der Waals surface area contributed by atoms with Gasteiger partial charge in [0.2, 0.25) is 0 Å². The first kappa shape index (κ1) is 30.2. The van der Waals surface area contributed by atoms with Crippen LogP contribution in [0.5, 0.6) is 11.5 Å². The molecule has 0 radical (unpaired) electrons. The molecule has 0 bridgehead atoms. The molecule has 1 aromatic heterocycles. The predicted molar refractivity (Wildman–Crippen MR) is 150 cm³/mol. The molecule has 0 saturated heterocycles. The number of aryl methyl sites for hydroxylation is 4. The Bertz CT molecular complexity index is 1050. The zero-order valence-electron chi connectivity index (χ0n) is 21.8. The van der Waals surface area contributed by atoms with Crippen LogP contribution in [0.2, 0.25) is 0 Å². The summed E-state index contributed by atoms with van der Waals surface area (Å²) in [6, 6.07) is 9.77. The fourth-order valence-corrected chi connectivity index (χ4v) is 3.12. The summed E-state index contributed by atoms with van der Waals surface area (Å²) >= 11 is 4.59. The molecule has 0 fully saturated rings. The van der Waals surface area contributed by atoms with Gasteiger partial charge in [0.05, 0.1) is 4.99 Å². The Balaban J connectivity index is 0.000000488. The predicted octanol–water partition coefficient (Wildman–Crippen LogP) is 7.32. The summed E-state index contributed by atoms with van der Waals surface area (Å²) < 4.78 is 2.20. The SMILES string of the molecule is C=C(C)c1cc(CC)c(O)cc1O.CC.CCc1cn(C)c2ccc(C)cc12.CNC(C)=S. The van der Waals surface area contributed by atoms with Crippen LogP contribution in [0.4, 0.5) is 0 Å². The number of phenolic OH excluding ortho intramolecular Hbond substituents is 2. The van der Waals surface area contributed by atoms with Gasteiger partial charge in [-0.3, -0.25) is 0 Å². The van der Waals surface area contributed by atoms with E-state index in [1.807, 2.05) is 41.7 Å². The normalized spacial score (nSPS) is 9.48. The van der Waals surface area contributed by atoms with Crippen LogP contribution in [0.25, 0.3) is 16.5 Å². The van der Waals surface area contributed by atoms with Gasteiger partial charge in [-0.1, -0.05) is 58.1 Å². The Morgan fingerprint density at radius 2 is 1.55 bits per heavy atom. The van der Waals surface area contributed by atoms with Gasteiger partial charge in [0.1, 0.15) is 11.5 Å². The van der Waals surface area contributed by atoms with Gasteiger partial charge in [0.25, 0.3) is 0 Å².